The Labute approximate surface area is 171 Å². The van der Waals surface area contributed by atoms with Gasteiger partial charge in [-0.2, -0.15) is 5.10 Å². The molecule has 7 nitrogen and oxygen atoms in total. The van der Waals surface area contributed by atoms with Crippen LogP contribution in [-0.4, -0.2) is 27.4 Å². The van der Waals surface area contributed by atoms with E-state index in [-0.39, 0.29) is 12.1 Å². The van der Waals surface area contributed by atoms with Crippen molar-refractivity contribution in [2.45, 2.75) is 40.3 Å². The molecule has 152 valence electrons. The van der Waals surface area contributed by atoms with Gasteiger partial charge >= 0.3 is 6.03 Å². The SMILES string of the molecule is CCOc1ncccc1CNC(=O)N[C@H](C)c1cnn(-c2ccc(C)cc2)c1C. The molecule has 0 spiro atoms. The highest BCUT2D eigenvalue weighted by atomic mass is 16.5. The van der Waals surface area contributed by atoms with E-state index in [0.29, 0.717) is 19.0 Å². The van der Waals surface area contributed by atoms with Crippen molar-refractivity contribution in [1.29, 1.82) is 0 Å². The minimum Gasteiger partial charge on any atom is -0.478 e. The fraction of sp³-hybridized carbons (Fsp3) is 0.318. The van der Waals surface area contributed by atoms with Crippen molar-refractivity contribution in [2.24, 2.45) is 0 Å². The molecule has 0 aliphatic rings. The summed E-state index contributed by atoms with van der Waals surface area (Å²) in [6, 6.07) is 11.4. The van der Waals surface area contributed by atoms with Gasteiger partial charge in [0.2, 0.25) is 5.88 Å². The molecule has 0 saturated heterocycles. The second-order valence-corrected chi connectivity index (χ2v) is 6.88. The lowest BCUT2D eigenvalue weighted by Gasteiger charge is -2.15. The van der Waals surface area contributed by atoms with Gasteiger partial charge in [0, 0.05) is 29.6 Å². The molecule has 2 aromatic heterocycles. The second kappa shape index (κ2) is 9.23. The summed E-state index contributed by atoms with van der Waals surface area (Å²) in [7, 11) is 0. The summed E-state index contributed by atoms with van der Waals surface area (Å²) in [5, 5.41) is 10.3. The van der Waals surface area contributed by atoms with Crippen LogP contribution in [0.1, 0.15) is 42.3 Å². The normalized spacial score (nSPS) is 11.7. The first-order valence-corrected chi connectivity index (χ1v) is 9.72. The number of nitrogens with one attached hydrogen (secondary N) is 2. The van der Waals surface area contributed by atoms with Gasteiger partial charge in [-0.25, -0.2) is 14.5 Å². The second-order valence-electron chi connectivity index (χ2n) is 6.88. The highest BCUT2D eigenvalue weighted by Gasteiger charge is 2.16. The maximum absolute atomic E-state index is 12.4. The lowest BCUT2D eigenvalue weighted by atomic mass is 10.1. The maximum atomic E-state index is 12.4. The molecular weight excluding hydrogens is 366 g/mol. The third-order valence-electron chi connectivity index (χ3n) is 4.71. The molecule has 2 heterocycles. The summed E-state index contributed by atoms with van der Waals surface area (Å²) in [4.78, 5) is 16.6. The predicted octanol–water partition coefficient (Wildman–Crippen LogP) is 3.84. The van der Waals surface area contributed by atoms with Crippen LogP contribution < -0.4 is 15.4 Å². The minimum atomic E-state index is -0.258. The quantitative estimate of drug-likeness (QED) is 0.639. The average molecular weight is 393 g/mol. The lowest BCUT2D eigenvalue weighted by molar-refractivity contribution is 0.237. The Hall–Kier alpha value is -3.35. The van der Waals surface area contributed by atoms with E-state index in [9.17, 15) is 4.79 Å². The third-order valence-corrected chi connectivity index (χ3v) is 4.71. The molecule has 29 heavy (non-hydrogen) atoms. The van der Waals surface area contributed by atoms with Crippen molar-refractivity contribution in [2.75, 3.05) is 6.61 Å². The summed E-state index contributed by atoms with van der Waals surface area (Å²) in [5.74, 6) is 0.540. The molecule has 0 fully saturated rings. The zero-order valence-electron chi connectivity index (χ0n) is 17.3. The summed E-state index contributed by atoms with van der Waals surface area (Å²) in [6.07, 6.45) is 3.47. The van der Waals surface area contributed by atoms with Gasteiger partial charge in [-0.3, -0.25) is 0 Å². The number of nitrogens with zero attached hydrogens (tertiary/aromatic N) is 3. The van der Waals surface area contributed by atoms with Crippen molar-refractivity contribution < 1.29 is 9.53 Å². The third kappa shape index (κ3) is 4.93. The number of hydrogen-bond donors (Lipinski definition) is 2. The summed E-state index contributed by atoms with van der Waals surface area (Å²) < 4.78 is 7.38. The number of pyridine rings is 1. The number of carbonyl (C=O) groups is 1. The monoisotopic (exact) mass is 393 g/mol. The molecule has 0 bridgehead atoms. The van der Waals surface area contributed by atoms with Crippen LogP contribution in [0.3, 0.4) is 0 Å². The number of amides is 2. The molecule has 3 rings (SSSR count). The molecule has 3 aromatic rings. The molecule has 0 unspecified atom stereocenters. The van der Waals surface area contributed by atoms with Gasteiger partial charge in [-0.15, -0.1) is 0 Å². The summed E-state index contributed by atoms with van der Waals surface area (Å²) in [6.45, 7) is 8.76. The number of hydrogen-bond acceptors (Lipinski definition) is 4. The van der Waals surface area contributed by atoms with Gasteiger partial charge < -0.3 is 15.4 Å². The van der Waals surface area contributed by atoms with Crippen LogP contribution in [-0.2, 0) is 6.54 Å². The van der Waals surface area contributed by atoms with Crippen molar-refractivity contribution >= 4 is 6.03 Å². The standard InChI is InChI=1S/C22H27N5O2/c1-5-29-21-18(7-6-12-23-21)13-24-22(28)26-16(3)20-14-25-27(17(20)4)19-10-8-15(2)9-11-19/h6-12,14,16H,5,13H2,1-4H3,(H2,24,26,28)/t16-/m1/s1. The molecule has 0 radical (unpaired) electrons. The van der Waals surface area contributed by atoms with Gasteiger partial charge in [0.25, 0.3) is 0 Å². The average Bonchev–Trinajstić information content (AvgIpc) is 3.09. The highest BCUT2D eigenvalue weighted by molar-refractivity contribution is 5.74. The van der Waals surface area contributed by atoms with E-state index >= 15 is 0 Å². The van der Waals surface area contributed by atoms with Crippen molar-refractivity contribution in [3.8, 4) is 11.6 Å². The first-order chi connectivity index (χ1) is 14.0. The Morgan fingerprint density at radius 3 is 2.69 bits per heavy atom. The molecule has 2 N–H and O–H groups in total. The lowest BCUT2D eigenvalue weighted by Crippen LogP contribution is -2.36. The number of ether oxygens (including phenoxy) is 1. The zero-order chi connectivity index (χ0) is 20.8. The van der Waals surface area contributed by atoms with Gasteiger partial charge in [0.05, 0.1) is 24.5 Å². The van der Waals surface area contributed by atoms with Crippen molar-refractivity contribution in [3.05, 3.63) is 71.2 Å². The van der Waals surface area contributed by atoms with E-state index in [2.05, 4.69) is 39.8 Å². The largest absolute Gasteiger partial charge is 0.478 e. The predicted molar refractivity (Wildman–Crippen MR) is 112 cm³/mol. The number of rotatable bonds is 7. The zero-order valence-corrected chi connectivity index (χ0v) is 17.3. The van der Waals surface area contributed by atoms with E-state index in [4.69, 9.17) is 4.74 Å². The number of benzene rings is 1. The van der Waals surface area contributed by atoms with E-state index in [1.54, 1.807) is 12.4 Å². The number of urea groups is 1. The maximum Gasteiger partial charge on any atom is 0.315 e. The smallest absolute Gasteiger partial charge is 0.315 e. The fourth-order valence-corrected chi connectivity index (χ4v) is 3.12. The van der Waals surface area contributed by atoms with Crippen LogP contribution in [0.2, 0.25) is 0 Å². The minimum absolute atomic E-state index is 0.186. The molecule has 2 amide bonds. The molecule has 7 heteroatoms. The first kappa shape index (κ1) is 20.4. The van der Waals surface area contributed by atoms with E-state index in [0.717, 1.165) is 22.5 Å². The summed E-state index contributed by atoms with van der Waals surface area (Å²) >= 11 is 0. The Morgan fingerprint density at radius 1 is 1.21 bits per heavy atom. The van der Waals surface area contributed by atoms with Crippen LogP contribution >= 0.6 is 0 Å². The van der Waals surface area contributed by atoms with E-state index in [1.807, 2.05) is 49.7 Å². The molecule has 0 aliphatic heterocycles. The van der Waals surface area contributed by atoms with Gasteiger partial charge in [0.15, 0.2) is 0 Å². The summed E-state index contributed by atoms with van der Waals surface area (Å²) in [5.41, 5.74) is 4.99. The molecule has 0 saturated carbocycles. The van der Waals surface area contributed by atoms with Gasteiger partial charge in [-0.05, 0) is 45.9 Å². The fourth-order valence-electron chi connectivity index (χ4n) is 3.12. The van der Waals surface area contributed by atoms with Crippen LogP contribution in [0.4, 0.5) is 4.79 Å². The van der Waals surface area contributed by atoms with Crippen molar-refractivity contribution in [3.63, 3.8) is 0 Å². The Bertz CT molecular complexity index is 966. The van der Waals surface area contributed by atoms with E-state index in [1.165, 1.54) is 5.56 Å². The van der Waals surface area contributed by atoms with Gasteiger partial charge in [0.1, 0.15) is 0 Å². The first-order valence-electron chi connectivity index (χ1n) is 9.72. The topological polar surface area (TPSA) is 81.1 Å². The van der Waals surface area contributed by atoms with Crippen molar-refractivity contribution in [1.82, 2.24) is 25.4 Å². The Morgan fingerprint density at radius 2 is 1.97 bits per heavy atom. The number of carbonyl (C=O) groups excluding carboxylic acids is 1. The van der Waals surface area contributed by atoms with Crippen LogP contribution in [0.15, 0.2) is 48.8 Å². The number of aryl methyl sites for hydroxylation is 1. The van der Waals surface area contributed by atoms with Crippen LogP contribution in [0.5, 0.6) is 5.88 Å². The molecule has 1 aromatic carbocycles. The molecule has 1 atom stereocenters. The van der Waals surface area contributed by atoms with Crippen LogP contribution in [0, 0.1) is 13.8 Å². The Kier molecular flexibility index (Phi) is 6.49. The van der Waals surface area contributed by atoms with E-state index < -0.39 is 0 Å². The van der Waals surface area contributed by atoms with Crippen LogP contribution in [0.25, 0.3) is 5.69 Å². The Balaban J connectivity index is 1.62. The molecule has 0 aliphatic carbocycles. The highest BCUT2D eigenvalue weighted by Crippen LogP contribution is 2.20. The van der Waals surface area contributed by atoms with Gasteiger partial charge in [-0.1, -0.05) is 23.8 Å². The number of aromatic nitrogens is 3. The molecular formula is C22H27N5O2.